The lowest BCUT2D eigenvalue weighted by Gasteiger charge is -2.42. The van der Waals surface area contributed by atoms with Crippen LogP contribution in [0.3, 0.4) is 0 Å². The molecule has 3 heteroatoms. The zero-order chi connectivity index (χ0) is 11.6. The van der Waals surface area contributed by atoms with Crippen LogP contribution >= 0.6 is 15.9 Å². The number of nitrogens with one attached hydrogen (secondary N) is 1. The van der Waals surface area contributed by atoms with Crippen molar-refractivity contribution in [3.05, 3.63) is 34.1 Å². The summed E-state index contributed by atoms with van der Waals surface area (Å²) in [4.78, 5) is 0. The maximum absolute atomic E-state index is 13.4. The number of halogens is 2. The van der Waals surface area contributed by atoms with Gasteiger partial charge in [0.25, 0.3) is 0 Å². The average Bonchev–Trinajstić information content (AvgIpc) is 2.21. The van der Waals surface area contributed by atoms with Gasteiger partial charge in [-0.2, -0.15) is 0 Å². The third-order valence-corrected chi connectivity index (χ3v) is 4.45. The highest BCUT2D eigenvalue weighted by Crippen LogP contribution is 2.44. The van der Waals surface area contributed by atoms with Gasteiger partial charge in [-0.15, -0.1) is 0 Å². The molecule has 0 saturated heterocycles. The molecule has 0 bridgehead atoms. The minimum atomic E-state index is -0.156. The molecular formula is C13H17BrFN. The average molecular weight is 286 g/mol. The van der Waals surface area contributed by atoms with Crippen molar-refractivity contribution >= 4 is 15.9 Å². The summed E-state index contributed by atoms with van der Waals surface area (Å²) in [5.74, 6) is -0.156. The van der Waals surface area contributed by atoms with Gasteiger partial charge in [-0.3, -0.25) is 0 Å². The summed E-state index contributed by atoms with van der Waals surface area (Å²) in [6.45, 7) is 1.02. The first-order valence-electron chi connectivity index (χ1n) is 5.74. The number of benzene rings is 1. The Labute approximate surface area is 105 Å². The van der Waals surface area contributed by atoms with Gasteiger partial charge in [0.1, 0.15) is 5.82 Å². The molecule has 0 heterocycles. The summed E-state index contributed by atoms with van der Waals surface area (Å²) >= 11 is 3.34. The minimum Gasteiger partial charge on any atom is -0.319 e. The topological polar surface area (TPSA) is 12.0 Å². The van der Waals surface area contributed by atoms with Crippen molar-refractivity contribution in [1.29, 1.82) is 0 Å². The molecule has 1 aliphatic rings. The molecule has 1 aromatic carbocycles. The molecule has 0 radical (unpaired) electrons. The van der Waals surface area contributed by atoms with Crippen LogP contribution in [-0.2, 0) is 6.42 Å². The molecule has 1 N–H and O–H groups in total. The second kappa shape index (κ2) is 4.84. The predicted molar refractivity (Wildman–Crippen MR) is 68.0 cm³/mol. The SMILES string of the molecule is CNCC1(Cc2cccc(F)c2Br)CCC1. The maximum atomic E-state index is 13.4. The lowest BCUT2D eigenvalue weighted by Crippen LogP contribution is -2.40. The first kappa shape index (κ1) is 12.1. The smallest absolute Gasteiger partial charge is 0.137 e. The van der Waals surface area contributed by atoms with Gasteiger partial charge in [-0.05, 0) is 59.3 Å². The van der Waals surface area contributed by atoms with Gasteiger partial charge in [-0.25, -0.2) is 4.39 Å². The number of hydrogen-bond acceptors (Lipinski definition) is 1. The fraction of sp³-hybridized carbons (Fsp3) is 0.538. The standard InChI is InChI=1S/C13H17BrFN/c1-16-9-13(6-3-7-13)8-10-4-2-5-11(15)12(10)14/h2,4-5,16H,3,6-9H2,1H3. The van der Waals surface area contributed by atoms with Crippen molar-refractivity contribution < 1.29 is 4.39 Å². The number of rotatable bonds is 4. The molecule has 0 spiro atoms. The Kier molecular flexibility index (Phi) is 3.65. The van der Waals surface area contributed by atoms with E-state index in [-0.39, 0.29) is 5.82 Å². The molecule has 1 nitrogen and oxygen atoms in total. The zero-order valence-corrected chi connectivity index (χ0v) is 11.1. The summed E-state index contributed by atoms with van der Waals surface area (Å²) in [5, 5.41) is 3.26. The van der Waals surface area contributed by atoms with Crippen molar-refractivity contribution in [2.24, 2.45) is 5.41 Å². The van der Waals surface area contributed by atoms with Crippen LogP contribution in [0.2, 0.25) is 0 Å². The first-order valence-corrected chi connectivity index (χ1v) is 6.54. The van der Waals surface area contributed by atoms with Crippen LogP contribution < -0.4 is 5.32 Å². The molecule has 0 atom stereocenters. The summed E-state index contributed by atoms with van der Waals surface area (Å²) in [6, 6.07) is 5.31. The zero-order valence-electron chi connectivity index (χ0n) is 9.52. The Morgan fingerprint density at radius 1 is 1.44 bits per heavy atom. The van der Waals surface area contributed by atoms with Crippen molar-refractivity contribution in [2.75, 3.05) is 13.6 Å². The fourth-order valence-electron chi connectivity index (χ4n) is 2.56. The monoisotopic (exact) mass is 285 g/mol. The van der Waals surface area contributed by atoms with Crippen LogP contribution in [0.15, 0.2) is 22.7 Å². The second-order valence-corrected chi connectivity index (χ2v) is 5.57. The van der Waals surface area contributed by atoms with E-state index in [9.17, 15) is 4.39 Å². The predicted octanol–water partition coefficient (Wildman–Crippen LogP) is 3.52. The minimum absolute atomic E-state index is 0.156. The molecule has 0 aromatic heterocycles. The van der Waals surface area contributed by atoms with Crippen LogP contribution in [0.1, 0.15) is 24.8 Å². The summed E-state index contributed by atoms with van der Waals surface area (Å²) in [6.07, 6.45) is 4.76. The first-order chi connectivity index (χ1) is 7.67. The van der Waals surface area contributed by atoms with E-state index in [2.05, 4.69) is 21.2 Å². The summed E-state index contributed by atoms with van der Waals surface area (Å²) in [7, 11) is 1.99. The quantitative estimate of drug-likeness (QED) is 0.893. The molecule has 0 aliphatic heterocycles. The molecule has 0 unspecified atom stereocenters. The highest BCUT2D eigenvalue weighted by Gasteiger charge is 2.36. The molecule has 1 saturated carbocycles. The lowest BCUT2D eigenvalue weighted by atomic mass is 9.65. The van der Waals surface area contributed by atoms with Gasteiger partial charge in [-0.1, -0.05) is 18.6 Å². The van der Waals surface area contributed by atoms with Gasteiger partial charge in [0.2, 0.25) is 0 Å². The molecule has 2 rings (SSSR count). The van der Waals surface area contributed by atoms with E-state index in [1.54, 1.807) is 6.07 Å². The van der Waals surface area contributed by atoms with E-state index in [0.717, 1.165) is 18.5 Å². The third-order valence-electron chi connectivity index (χ3n) is 3.56. The van der Waals surface area contributed by atoms with Crippen LogP contribution in [-0.4, -0.2) is 13.6 Å². The van der Waals surface area contributed by atoms with Crippen molar-refractivity contribution in [1.82, 2.24) is 5.32 Å². The van der Waals surface area contributed by atoms with E-state index in [0.29, 0.717) is 9.89 Å². The molecule has 1 fully saturated rings. The van der Waals surface area contributed by atoms with Gasteiger partial charge >= 0.3 is 0 Å². The second-order valence-electron chi connectivity index (χ2n) is 4.77. The Balaban J connectivity index is 2.16. The van der Waals surface area contributed by atoms with Gasteiger partial charge in [0.15, 0.2) is 0 Å². The molecule has 16 heavy (non-hydrogen) atoms. The van der Waals surface area contributed by atoms with Gasteiger partial charge in [0, 0.05) is 6.54 Å². The van der Waals surface area contributed by atoms with Gasteiger partial charge in [0.05, 0.1) is 4.47 Å². The number of hydrogen-bond donors (Lipinski definition) is 1. The van der Waals surface area contributed by atoms with Crippen LogP contribution in [0.5, 0.6) is 0 Å². The van der Waals surface area contributed by atoms with Gasteiger partial charge < -0.3 is 5.32 Å². The Morgan fingerprint density at radius 2 is 2.19 bits per heavy atom. The van der Waals surface area contributed by atoms with E-state index >= 15 is 0 Å². The molecular weight excluding hydrogens is 269 g/mol. The van der Waals surface area contributed by atoms with Crippen LogP contribution in [0.25, 0.3) is 0 Å². The van der Waals surface area contributed by atoms with Crippen LogP contribution in [0.4, 0.5) is 4.39 Å². The van der Waals surface area contributed by atoms with E-state index in [1.807, 2.05) is 13.1 Å². The van der Waals surface area contributed by atoms with Crippen molar-refractivity contribution in [3.8, 4) is 0 Å². The Bertz CT molecular complexity index is 374. The largest absolute Gasteiger partial charge is 0.319 e. The maximum Gasteiger partial charge on any atom is 0.137 e. The Hall–Kier alpha value is -0.410. The molecule has 1 aromatic rings. The highest BCUT2D eigenvalue weighted by atomic mass is 79.9. The summed E-state index contributed by atoms with van der Waals surface area (Å²) < 4.78 is 14.0. The van der Waals surface area contributed by atoms with Crippen molar-refractivity contribution in [3.63, 3.8) is 0 Å². The molecule has 88 valence electrons. The van der Waals surface area contributed by atoms with Crippen LogP contribution in [0, 0.1) is 11.2 Å². The summed E-state index contributed by atoms with van der Waals surface area (Å²) in [5.41, 5.74) is 1.44. The van der Waals surface area contributed by atoms with Crippen molar-refractivity contribution in [2.45, 2.75) is 25.7 Å². The normalized spacial score (nSPS) is 18.2. The third kappa shape index (κ3) is 2.30. The van der Waals surface area contributed by atoms with E-state index < -0.39 is 0 Å². The fourth-order valence-corrected chi connectivity index (χ4v) is 2.96. The van der Waals surface area contributed by atoms with E-state index in [4.69, 9.17) is 0 Å². The highest BCUT2D eigenvalue weighted by molar-refractivity contribution is 9.10. The Morgan fingerprint density at radius 3 is 2.75 bits per heavy atom. The molecule has 0 amide bonds. The molecule has 1 aliphatic carbocycles. The lowest BCUT2D eigenvalue weighted by molar-refractivity contribution is 0.133. The van der Waals surface area contributed by atoms with E-state index in [1.165, 1.54) is 25.3 Å².